The van der Waals surface area contributed by atoms with Gasteiger partial charge in [-0.25, -0.2) is 0 Å². The summed E-state index contributed by atoms with van der Waals surface area (Å²) < 4.78 is 0. The molecular weight excluding hydrogens is 339 g/mol. The Labute approximate surface area is 143 Å². The minimum Gasteiger partial charge on any atom is -0.321 e. The molecule has 1 unspecified atom stereocenters. The number of anilines is 1. The molecule has 0 spiro atoms. The normalized spacial score (nSPS) is 21.0. The van der Waals surface area contributed by atoms with E-state index in [2.05, 4.69) is 22.8 Å². The number of nitrogens with one attached hydrogen (secondary N) is 2. The van der Waals surface area contributed by atoms with Crippen LogP contribution in [-0.2, 0) is 4.79 Å². The molecule has 1 aromatic carbocycles. The van der Waals surface area contributed by atoms with Gasteiger partial charge in [-0.3, -0.25) is 4.79 Å². The third-order valence-electron chi connectivity index (χ3n) is 3.96. The molecule has 6 heteroatoms. The molecule has 2 heterocycles. The van der Waals surface area contributed by atoms with Crippen LogP contribution in [0.3, 0.4) is 0 Å². The fourth-order valence-electron chi connectivity index (χ4n) is 2.94. The fraction of sp³-hybridized carbons (Fsp3) is 0.312. The topological polar surface area (TPSA) is 33.5 Å². The number of hydrogen-bond acceptors (Lipinski definition) is 2. The van der Waals surface area contributed by atoms with E-state index >= 15 is 0 Å². The molecule has 0 saturated carbocycles. The quantitative estimate of drug-likeness (QED) is 0.865. The first kappa shape index (κ1) is 15.8. The lowest BCUT2D eigenvalue weighted by Crippen LogP contribution is -3.11. The van der Waals surface area contributed by atoms with Gasteiger partial charge in [-0.05, 0) is 29.6 Å². The van der Waals surface area contributed by atoms with Gasteiger partial charge < -0.3 is 10.2 Å². The van der Waals surface area contributed by atoms with E-state index in [9.17, 15) is 4.79 Å². The Morgan fingerprint density at radius 3 is 2.91 bits per heavy atom. The summed E-state index contributed by atoms with van der Waals surface area (Å²) in [7, 11) is 0. The summed E-state index contributed by atoms with van der Waals surface area (Å²) in [4.78, 5) is 15.0. The second kappa shape index (κ2) is 7.01. The highest BCUT2D eigenvalue weighted by atomic mass is 35.5. The summed E-state index contributed by atoms with van der Waals surface area (Å²) in [6.45, 7) is 1.51. The maximum absolute atomic E-state index is 12.3. The zero-order chi connectivity index (χ0) is 15.5. The predicted molar refractivity (Wildman–Crippen MR) is 92.1 cm³/mol. The van der Waals surface area contributed by atoms with Crippen LogP contribution >= 0.6 is 34.5 Å². The van der Waals surface area contributed by atoms with E-state index in [4.69, 9.17) is 23.2 Å². The van der Waals surface area contributed by atoms with Crippen LogP contribution in [0.2, 0.25) is 10.0 Å². The van der Waals surface area contributed by atoms with Crippen molar-refractivity contribution in [2.75, 3.05) is 18.4 Å². The summed E-state index contributed by atoms with van der Waals surface area (Å²) in [6.07, 6.45) is 2.31. The van der Waals surface area contributed by atoms with Crippen LogP contribution in [0.4, 0.5) is 5.69 Å². The molecule has 2 aromatic rings. The molecule has 1 fully saturated rings. The van der Waals surface area contributed by atoms with Gasteiger partial charge in [0.25, 0.3) is 5.91 Å². The molecule has 0 radical (unpaired) electrons. The maximum Gasteiger partial charge on any atom is 0.279 e. The van der Waals surface area contributed by atoms with Crippen molar-refractivity contribution >= 4 is 46.1 Å². The lowest BCUT2D eigenvalue weighted by Gasteiger charge is -2.20. The molecule has 1 saturated heterocycles. The van der Waals surface area contributed by atoms with Gasteiger partial charge in [0.15, 0.2) is 6.54 Å². The molecule has 1 aromatic heterocycles. The third-order valence-corrected chi connectivity index (χ3v) is 5.69. The molecule has 2 atom stereocenters. The fourth-order valence-corrected chi connectivity index (χ4v) is 4.16. The molecule has 0 aliphatic carbocycles. The average molecular weight is 356 g/mol. The van der Waals surface area contributed by atoms with Gasteiger partial charge in [-0.1, -0.05) is 29.3 Å². The Balaban J connectivity index is 1.62. The Bertz CT molecular complexity index is 660. The Kier molecular flexibility index (Phi) is 5.03. The molecule has 3 rings (SSSR count). The van der Waals surface area contributed by atoms with Crippen molar-refractivity contribution in [3.8, 4) is 0 Å². The summed E-state index contributed by atoms with van der Waals surface area (Å²) in [6, 6.07) is 9.82. The van der Waals surface area contributed by atoms with Crippen molar-refractivity contribution in [2.24, 2.45) is 0 Å². The number of benzene rings is 1. The SMILES string of the molecule is O=C(C[NH+]1CCC[C@H]1c1cccs1)Nc1ccc(Cl)c(Cl)c1. The number of thiophene rings is 1. The van der Waals surface area contributed by atoms with Crippen LogP contribution in [0, 0.1) is 0 Å². The number of halogens is 2. The first-order valence-corrected chi connectivity index (χ1v) is 8.90. The Hall–Kier alpha value is -1.07. The second-order valence-electron chi connectivity index (χ2n) is 5.47. The highest BCUT2D eigenvalue weighted by Crippen LogP contribution is 2.25. The summed E-state index contributed by atoms with van der Waals surface area (Å²) >= 11 is 13.6. The number of rotatable bonds is 4. The van der Waals surface area contributed by atoms with Crippen molar-refractivity contribution in [3.05, 3.63) is 50.6 Å². The predicted octanol–water partition coefficient (Wildman–Crippen LogP) is 3.41. The minimum atomic E-state index is 0.0110. The average Bonchev–Trinajstić information content (AvgIpc) is 3.13. The van der Waals surface area contributed by atoms with E-state index in [1.807, 2.05) is 0 Å². The lowest BCUT2D eigenvalue weighted by atomic mass is 10.2. The van der Waals surface area contributed by atoms with Gasteiger partial charge in [0.05, 0.1) is 21.5 Å². The van der Waals surface area contributed by atoms with Gasteiger partial charge in [0.1, 0.15) is 6.04 Å². The standard InChI is InChI=1S/C16H16Cl2N2OS/c17-12-6-5-11(9-13(12)18)19-16(21)10-20-7-1-3-14(20)15-4-2-8-22-15/h2,4-6,8-9,14H,1,3,7,10H2,(H,19,21)/p+1/t14-/m0/s1. The number of amides is 1. The smallest absolute Gasteiger partial charge is 0.279 e. The van der Waals surface area contributed by atoms with Gasteiger partial charge in [0, 0.05) is 18.5 Å². The Morgan fingerprint density at radius 1 is 1.32 bits per heavy atom. The van der Waals surface area contributed by atoms with Crippen LogP contribution < -0.4 is 10.2 Å². The van der Waals surface area contributed by atoms with Crippen molar-refractivity contribution in [3.63, 3.8) is 0 Å². The molecule has 0 bridgehead atoms. The first-order chi connectivity index (χ1) is 10.6. The zero-order valence-electron chi connectivity index (χ0n) is 11.9. The molecule has 1 amide bonds. The molecule has 3 nitrogen and oxygen atoms in total. The number of carbonyl (C=O) groups excluding carboxylic acids is 1. The molecule has 1 aliphatic rings. The first-order valence-electron chi connectivity index (χ1n) is 7.26. The van der Waals surface area contributed by atoms with Crippen LogP contribution in [0.1, 0.15) is 23.8 Å². The van der Waals surface area contributed by atoms with Crippen LogP contribution in [0.5, 0.6) is 0 Å². The Morgan fingerprint density at radius 2 is 2.18 bits per heavy atom. The van der Waals surface area contributed by atoms with Crippen LogP contribution in [0.25, 0.3) is 0 Å². The highest BCUT2D eigenvalue weighted by Gasteiger charge is 2.32. The summed E-state index contributed by atoms with van der Waals surface area (Å²) in [5.74, 6) is 0.0110. The summed E-state index contributed by atoms with van der Waals surface area (Å²) in [5, 5.41) is 5.94. The van der Waals surface area contributed by atoms with Gasteiger partial charge >= 0.3 is 0 Å². The van der Waals surface area contributed by atoms with Crippen molar-refractivity contribution < 1.29 is 9.69 Å². The molecule has 2 N–H and O–H groups in total. The molecule has 116 valence electrons. The molecule has 22 heavy (non-hydrogen) atoms. The second-order valence-corrected chi connectivity index (χ2v) is 7.27. The van der Waals surface area contributed by atoms with E-state index < -0.39 is 0 Å². The zero-order valence-corrected chi connectivity index (χ0v) is 14.3. The van der Waals surface area contributed by atoms with Gasteiger partial charge in [-0.15, -0.1) is 11.3 Å². The summed E-state index contributed by atoms with van der Waals surface area (Å²) in [5.41, 5.74) is 0.686. The van der Waals surface area contributed by atoms with E-state index in [1.54, 1.807) is 29.5 Å². The minimum absolute atomic E-state index is 0.0110. The van der Waals surface area contributed by atoms with E-state index in [0.717, 1.165) is 19.4 Å². The number of quaternary nitrogens is 1. The van der Waals surface area contributed by atoms with E-state index in [1.165, 1.54) is 9.78 Å². The van der Waals surface area contributed by atoms with Crippen LogP contribution in [-0.4, -0.2) is 19.0 Å². The maximum atomic E-state index is 12.3. The molecular formula is C16H17Cl2N2OS+. The highest BCUT2D eigenvalue weighted by molar-refractivity contribution is 7.10. The largest absolute Gasteiger partial charge is 0.321 e. The van der Waals surface area contributed by atoms with Crippen LogP contribution in [0.15, 0.2) is 35.7 Å². The van der Waals surface area contributed by atoms with Crippen molar-refractivity contribution in [1.82, 2.24) is 0 Å². The molecule has 1 aliphatic heterocycles. The van der Waals surface area contributed by atoms with Gasteiger partial charge in [0.2, 0.25) is 0 Å². The van der Waals surface area contributed by atoms with E-state index in [-0.39, 0.29) is 5.91 Å². The monoisotopic (exact) mass is 355 g/mol. The lowest BCUT2D eigenvalue weighted by molar-refractivity contribution is -0.910. The van der Waals surface area contributed by atoms with Crippen molar-refractivity contribution in [1.29, 1.82) is 0 Å². The number of likely N-dealkylation sites (tertiary alicyclic amines) is 1. The number of carbonyl (C=O) groups is 1. The van der Waals surface area contributed by atoms with Gasteiger partial charge in [-0.2, -0.15) is 0 Å². The third kappa shape index (κ3) is 3.63. The van der Waals surface area contributed by atoms with Crippen molar-refractivity contribution in [2.45, 2.75) is 18.9 Å². The van der Waals surface area contributed by atoms with E-state index in [0.29, 0.717) is 28.3 Å². The number of hydrogen-bond donors (Lipinski definition) is 2.